The van der Waals surface area contributed by atoms with Gasteiger partial charge in [0, 0.05) is 13.6 Å². The van der Waals surface area contributed by atoms with Crippen LogP contribution in [0.5, 0.6) is 0 Å². The van der Waals surface area contributed by atoms with E-state index in [0.717, 1.165) is 5.52 Å². The number of nitrogens with one attached hydrogen (secondary N) is 1. The van der Waals surface area contributed by atoms with Gasteiger partial charge in [-0.2, -0.15) is 0 Å². The molecular formula is C12H14FN3OS. The molecule has 0 spiro atoms. The average molecular weight is 267 g/mol. The van der Waals surface area contributed by atoms with E-state index in [1.54, 1.807) is 22.6 Å². The molecule has 18 heavy (non-hydrogen) atoms. The second-order valence-corrected chi connectivity index (χ2v) is 4.47. The van der Waals surface area contributed by atoms with Gasteiger partial charge in [-0.05, 0) is 37.3 Å². The van der Waals surface area contributed by atoms with Crippen molar-refractivity contribution < 1.29 is 9.18 Å². The third kappa shape index (κ3) is 2.28. The number of aromatic amines is 1. The van der Waals surface area contributed by atoms with Gasteiger partial charge in [0.05, 0.1) is 11.0 Å². The Balaban J connectivity index is 2.42. The molecule has 1 aromatic heterocycles. The van der Waals surface area contributed by atoms with E-state index in [4.69, 9.17) is 12.2 Å². The number of carbonyl (C=O) groups excluding carboxylic acids is 1. The molecule has 0 bridgehead atoms. The third-order valence-corrected chi connectivity index (χ3v) is 3.25. The highest BCUT2D eigenvalue weighted by molar-refractivity contribution is 7.71. The van der Waals surface area contributed by atoms with Crippen molar-refractivity contribution in [3.05, 3.63) is 28.8 Å². The van der Waals surface area contributed by atoms with E-state index in [1.807, 2.05) is 6.92 Å². The number of H-pyrrole nitrogens is 1. The first kappa shape index (κ1) is 12.8. The van der Waals surface area contributed by atoms with Crippen LogP contribution in [-0.2, 0) is 11.3 Å². The summed E-state index contributed by atoms with van der Waals surface area (Å²) in [4.78, 5) is 16.4. The van der Waals surface area contributed by atoms with Gasteiger partial charge in [0.25, 0.3) is 0 Å². The molecule has 0 saturated carbocycles. The van der Waals surface area contributed by atoms with Crippen molar-refractivity contribution in [2.75, 3.05) is 13.6 Å². The Hall–Kier alpha value is -1.69. The Labute approximate surface area is 109 Å². The van der Waals surface area contributed by atoms with Gasteiger partial charge in [-0.1, -0.05) is 0 Å². The lowest BCUT2D eigenvalue weighted by atomic mass is 10.3. The smallest absolute Gasteiger partial charge is 0.242 e. The van der Waals surface area contributed by atoms with Crippen LogP contribution in [0, 0.1) is 10.6 Å². The number of carbonyl (C=O) groups is 1. The zero-order valence-electron chi connectivity index (χ0n) is 10.2. The van der Waals surface area contributed by atoms with E-state index in [1.165, 1.54) is 12.1 Å². The Morgan fingerprint density at radius 2 is 2.28 bits per heavy atom. The highest BCUT2D eigenvalue weighted by Crippen LogP contribution is 2.15. The van der Waals surface area contributed by atoms with Crippen molar-refractivity contribution in [2.24, 2.45) is 0 Å². The molecule has 0 unspecified atom stereocenters. The summed E-state index contributed by atoms with van der Waals surface area (Å²) in [6.07, 6.45) is 0. The summed E-state index contributed by atoms with van der Waals surface area (Å²) >= 11 is 5.15. The van der Waals surface area contributed by atoms with Crippen LogP contribution >= 0.6 is 12.2 Å². The van der Waals surface area contributed by atoms with E-state index in [9.17, 15) is 9.18 Å². The van der Waals surface area contributed by atoms with Gasteiger partial charge >= 0.3 is 0 Å². The maximum atomic E-state index is 13.1. The van der Waals surface area contributed by atoms with Crippen molar-refractivity contribution in [3.63, 3.8) is 0 Å². The van der Waals surface area contributed by atoms with Gasteiger partial charge in [0.15, 0.2) is 4.77 Å². The summed E-state index contributed by atoms with van der Waals surface area (Å²) < 4.78 is 15.2. The van der Waals surface area contributed by atoms with E-state index in [2.05, 4.69) is 4.98 Å². The van der Waals surface area contributed by atoms with E-state index in [-0.39, 0.29) is 18.3 Å². The predicted molar refractivity (Wildman–Crippen MR) is 70.4 cm³/mol. The monoisotopic (exact) mass is 267 g/mol. The normalized spacial score (nSPS) is 10.8. The summed E-state index contributed by atoms with van der Waals surface area (Å²) in [5, 5.41) is 0. The number of aromatic nitrogens is 2. The first-order valence-corrected chi connectivity index (χ1v) is 6.05. The molecule has 0 atom stereocenters. The Bertz CT molecular complexity index is 646. The molecule has 4 nitrogen and oxygen atoms in total. The molecule has 0 aliphatic rings. The molecule has 1 heterocycles. The lowest BCUT2D eigenvalue weighted by molar-refractivity contribution is -0.130. The number of halogens is 1. The molecule has 1 N–H and O–H groups in total. The number of benzene rings is 1. The number of hydrogen-bond acceptors (Lipinski definition) is 2. The van der Waals surface area contributed by atoms with E-state index >= 15 is 0 Å². The molecule has 1 aromatic carbocycles. The highest BCUT2D eigenvalue weighted by Gasteiger charge is 2.11. The second kappa shape index (κ2) is 4.89. The minimum absolute atomic E-state index is 0.0289. The largest absolute Gasteiger partial charge is 0.344 e. The Morgan fingerprint density at radius 1 is 1.56 bits per heavy atom. The van der Waals surface area contributed by atoms with Crippen molar-refractivity contribution in [3.8, 4) is 0 Å². The quantitative estimate of drug-likeness (QED) is 0.867. The maximum absolute atomic E-state index is 13.1. The van der Waals surface area contributed by atoms with Gasteiger partial charge in [0.1, 0.15) is 12.4 Å². The number of rotatable bonds is 3. The van der Waals surface area contributed by atoms with Crippen LogP contribution in [0.25, 0.3) is 11.0 Å². The van der Waals surface area contributed by atoms with E-state index < -0.39 is 0 Å². The van der Waals surface area contributed by atoms with Crippen molar-refractivity contribution in [1.29, 1.82) is 0 Å². The standard InChI is InChI=1S/C12H14FN3OS/c1-3-15(2)11(17)7-16-10-5-4-8(13)6-9(10)14-12(16)18/h4-6H,3,7H2,1-2H3,(H,14,18). The molecule has 6 heteroatoms. The van der Waals surface area contributed by atoms with Crippen molar-refractivity contribution in [1.82, 2.24) is 14.5 Å². The van der Waals surface area contributed by atoms with Crippen LogP contribution in [0.1, 0.15) is 6.92 Å². The molecule has 0 radical (unpaired) electrons. The first-order valence-electron chi connectivity index (χ1n) is 5.65. The zero-order chi connectivity index (χ0) is 13.3. The first-order chi connectivity index (χ1) is 8.52. The third-order valence-electron chi connectivity index (χ3n) is 2.93. The minimum Gasteiger partial charge on any atom is -0.344 e. The molecule has 2 rings (SSSR count). The number of fused-ring (bicyclic) bond motifs is 1. The second-order valence-electron chi connectivity index (χ2n) is 4.09. The fourth-order valence-electron chi connectivity index (χ4n) is 1.73. The molecule has 0 fully saturated rings. The number of amides is 1. The van der Waals surface area contributed by atoms with Crippen molar-refractivity contribution in [2.45, 2.75) is 13.5 Å². The fourth-order valence-corrected chi connectivity index (χ4v) is 2.00. The molecule has 0 saturated heterocycles. The highest BCUT2D eigenvalue weighted by atomic mass is 32.1. The fraction of sp³-hybridized carbons (Fsp3) is 0.333. The molecular weight excluding hydrogens is 253 g/mol. The lowest BCUT2D eigenvalue weighted by Gasteiger charge is -2.14. The van der Waals surface area contributed by atoms with Crippen LogP contribution in [-0.4, -0.2) is 34.0 Å². The number of imidazole rings is 1. The van der Waals surface area contributed by atoms with Gasteiger partial charge in [-0.25, -0.2) is 4.39 Å². The van der Waals surface area contributed by atoms with Gasteiger partial charge in [-0.15, -0.1) is 0 Å². The van der Waals surface area contributed by atoms with Crippen LogP contribution in [0.2, 0.25) is 0 Å². The summed E-state index contributed by atoms with van der Waals surface area (Å²) in [5.41, 5.74) is 1.34. The van der Waals surface area contributed by atoms with Gasteiger partial charge in [0.2, 0.25) is 5.91 Å². The van der Waals surface area contributed by atoms with Crippen LogP contribution < -0.4 is 0 Å². The summed E-state index contributed by atoms with van der Waals surface area (Å²) in [5.74, 6) is -0.360. The number of likely N-dealkylation sites (N-methyl/N-ethyl adjacent to an activating group) is 1. The maximum Gasteiger partial charge on any atom is 0.242 e. The molecule has 2 aromatic rings. The Morgan fingerprint density at radius 3 is 2.94 bits per heavy atom. The number of nitrogens with zero attached hydrogens (tertiary/aromatic N) is 2. The van der Waals surface area contributed by atoms with Crippen LogP contribution in [0.4, 0.5) is 4.39 Å². The number of hydrogen-bond donors (Lipinski definition) is 1. The van der Waals surface area contributed by atoms with Gasteiger partial charge in [-0.3, -0.25) is 4.79 Å². The van der Waals surface area contributed by atoms with Crippen LogP contribution in [0.3, 0.4) is 0 Å². The van der Waals surface area contributed by atoms with Gasteiger partial charge < -0.3 is 14.5 Å². The lowest BCUT2D eigenvalue weighted by Crippen LogP contribution is -2.29. The predicted octanol–water partition coefficient (Wildman–Crippen LogP) is 2.32. The molecule has 0 aliphatic carbocycles. The summed E-state index contributed by atoms with van der Waals surface area (Å²) in [6.45, 7) is 2.71. The molecule has 0 aliphatic heterocycles. The Kier molecular flexibility index (Phi) is 3.47. The SMILES string of the molecule is CCN(C)C(=O)Cn1c(=S)[nH]c2cc(F)ccc21. The molecule has 1 amide bonds. The topological polar surface area (TPSA) is 41.0 Å². The minimum atomic E-state index is -0.331. The van der Waals surface area contributed by atoms with E-state index in [0.29, 0.717) is 16.8 Å². The zero-order valence-corrected chi connectivity index (χ0v) is 11.1. The molecule has 96 valence electrons. The summed E-state index contributed by atoms with van der Waals surface area (Å²) in [6, 6.07) is 4.35. The van der Waals surface area contributed by atoms with Crippen LogP contribution in [0.15, 0.2) is 18.2 Å². The average Bonchev–Trinajstić information content (AvgIpc) is 2.64. The van der Waals surface area contributed by atoms with Crippen molar-refractivity contribution >= 4 is 29.2 Å². The summed E-state index contributed by atoms with van der Waals surface area (Å²) in [7, 11) is 1.74.